The Hall–Kier alpha value is -4.02. The van der Waals surface area contributed by atoms with Crippen LogP contribution in [-0.2, 0) is 41.5 Å². The van der Waals surface area contributed by atoms with Gasteiger partial charge < -0.3 is 46.5 Å². The Morgan fingerprint density at radius 3 is 1.45 bits per heavy atom. The lowest BCUT2D eigenvalue weighted by Crippen LogP contribution is -2.43. The number of hydrogen-bond acceptors (Lipinski definition) is 9. The van der Waals surface area contributed by atoms with Crippen LogP contribution in [0, 0.1) is 0 Å². The average Bonchev–Trinajstić information content (AvgIpc) is 2.98. The van der Waals surface area contributed by atoms with Gasteiger partial charge in [0, 0.05) is 46.0 Å². The summed E-state index contributed by atoms with van der Waals surface area (Å²) in [4.78, 5) is 66.3. The van der Waals surface area contributed by atoms with Gasteiger partial charge in [-0.1, -0.05) is 58.5 Å². The molecule has 0 unspecified atom stereocenters. The van der Waals surface area contributed by atoms with Crippen molar-refractivity contribution in [1.82, 2.24) is 16.0 Å². The lowest BCUT2D eigenvalue weighted by molar-refractivity contribution is -0.141. The summed E-state index contributed by atoms with van der Waals surface area (Å²) in [5.74, 6) is -3.70. The molecule has 15 nitrogen and oxygen atoms in total. The van der Waals surface area contributed by atoms with Crippen molar-refractivity contribution in [2.24, 2.45) is 5.73 Å². The molecule has 2 rings (SSSR count). The van der Waals surface area contributed by atoms with E-state index in [4.69, 9.17) is 71.8 Å². The smallest absolute Gasteiger partial charge is 0.407 e. The third kappa shape index (κ3) is 24.8. The molecule has 296 valence electrons. The fraction of sp³-hybridized carbons (Fsp3) is 0.471. The molecule has 8 N–H and O–H groups in total. The number of carboxylic acids is 3. The number of ether oxygens (including phenoxy) is 2. The Kier molecular flexibility index (Phi) is 21.8. The molecule has 0 saturated carbocycles. The van der Waals surface area contributed by atoms with Crippen molar-refractivity contribution in [3.05, 3.63) is 67.6 Å². The predicted molar refractivity (Wildman–Crippen MR) is 201 cm³/mol. The van der Waals surface area contributed by atoms with Gasteiger partial charge in [-0.2, -0.15) is 0 Å². The monoisotopic (exact) mass is 826 g/mol. The van der Waals surface area contributed by atoms with Gasteiger partial charge in [-0.3, -0.25) is 14.4 Å². The minimum Gasteiger partial charge on any atom is -0.481 e. The van der Waals surface area contributed by atoms with Crippen LogP contribution in [0.3, 0.4) is 0 Å². The largest absolute Gasteiger partial charge is 0.481 e. The maximum absolute atomic E-state index is 11.9. The second-order valence-corrected chi connectivity index (χ2v) is 14.7. The van der Waals surface area contributed by atoms with Crippen molar-refractivity contribution in [2.75, 3.05) is 13.1 Å². The van der Waals surface area contributed by atoms with E-state index in [9.17, 15) is 33.9 Å². The predicted octanol–water partition coefficient (Wildman–Crippen LogP) is 5.95. The van der Waals surface area contributed by atoms with Crippen LogP contribution in [-0.4, -0.2) is 87.7 Å². The summed E-state index contributed by atoms with van der Waals surface area (Å²) in [6.45, 7) is 10.5. The molecule has 0 bridgehead atoms. The molecule has 0 aromatic heterocycles. The Bertz CT molecular complexity index is 1560. The molecule has 0 spiro atoms. The average molecular weight is 829 g/mol. The minimum absolute atomic E-state index is 0.0105. The molecule has 0 heterocycles. The number of amides is 3. The van der Waals surface area contributed by atoms with E-state index in [0.29, 0.717) is 31.2 Å². The van der Waals surface area contributed by atoms with E-state index in [1.54, 1.807) is 71.9 Å². The quantitative estimate of drug-likeness (QED) is 0.124. The number of halogens is 4. The Labute approximate surface area is 327 Å². The van der Waals surface area contributed by atoms with Gasteiger partial charge in [0.25, 0.3) is 0 Å². The highest BCUT2D eigenvalue weighted by Gasteiger charge is 2.22. The van der Waals surface area contributed by atoms with Gasteiger partial charge in [-0.15, -0.1) is 0 Å². The van der Waals surface area contributed by atoms with Gasteiger partial charge in [0.2, 0.25) is 5.91 Å². The zero-order valence-electron chi connectivity index (χ0n) is 30.1. The van der Waals surface area contributed by atoms with Gasteiger partial charge in [-0.05, 0) is 83.4 Å². The fourth-order valence-corrected chi connectivity index (χ4v) is 4.53. The van der Waals surface area contributed by atoms with E-state index in [2.05, 4.69) is 16.0 Å². The maximum Gasteiger partial charge on any atom is 0.407 e. The second-order valence-electron chi connectivity index (χ2n) is 13.0. The van der Waals surface area contributed by atoms with Gasteiger partial charge in [0.15, 0.2) is 0 Å². The van der Waals surface area contributed by atoms with E-state index in [-0.39, 0.29) is 38.8 Å². The summed E-state index contributed by atoms with van der Waals surface area (Å²) in [7, 11) is 0. The molecule has 3 amide bonds. The zero-order chi connectivity index (χ0) is 41.1. The van der Waals surface area contributed by atoms with Crippen LogP contribution in [0.5, 0.6) is 0 Å². The number of benzene rings is 2. The fourth-order valence-electron chi connectivity index (χ4n) is 3.56. The highest BCUT2D eigenvalue weighted by Crippen LogP contribution is 2.23. The van der Waals surface area contributed by atoms with Crippen LogP contribution < -0.4 is 21.7 Å². The Morgan fingerprint density at radius 1 is 0.679 bits per heavy atom. The minimum atomic E-state index is -1.19. The number of nitrogens with one attached hydrogen (secondary N) is 3. The molecule has 19 heteroatoms. The third-order valence-electron chi connectivity index (χ3n) is 5.87. The van der Waals surface area contributed by atoms with Gasteiger partial charge in [0.05, 0.1) is 6.42 Å². The van der Waals surface area contributed by atoms with E-state index in [0.717, 1.165) is 0 Å². The van der Waals surface area contributed by atoms with Crippen molar-refractivity contribution in [3.63, 3.8) is 0 Å². The second kappa shape index (κ2) is 23.6. The maximum atomic E-state index is 11.9. The van der Waals surface area contributed by atoms with Crippen LogP contribution >= 0.6 is 46.4 Å². The molecule has 0 aliphatic rings. The molecule has 0 fully saturated rings. The zero-order valence-corrected chi connectivity index (χ0v) is 33.1. The number of nitrogens with two attached hydrogens (primary N) is 1. The lowest BCUT2D eigenvalue weighted by atomic mass is 10.1. The summed E-state index contributed by atoms with van der Waals surface area (Å²) in [5, 5.41) is 35.0. The number of rotatable bonds is 13. The summed E-state index contributed by atoms with van der Waals surface area (Å²) >= 11 is 23.4. The Morgan fingerprint density at radius 2 is 1.09 bits per heavy atom. The molecule has 2 atom stereocenters. The third-order valence-corrected chi connectivity index (χ3v) is 7.05. The molecular weight excluding hydrogens is 782 g/mol. The lowest BCUT2D eigenvalue weighted by Gasteiger charge is -2.20. The van der Waals surface area contributed by atoms with Gasteiger partial charge >= 0.3 is 30.1 Å². The first-order valence-corrected chi connectivity index (χ1v) is 17.3. The van der Waals surface area contributed by atoms with E-state index in [1.807, 2.05) is 0 Å². The van der Waals surface area contributed by atoms with Crippen LogP contribution in [0.15, 0.2) is 36.4 Å². The van der Waals surface area contributed by atoms with E-state index < -0.39 is 59.3 Å². The Balaban J connectivity index is 0.000000843. The summed E-state index contributed by atoms with van der Waals surface area (Å²) in [6, 6.07) is 7.50. The molecule has 53 heavy (non-hydrogen) atoms. The van der Waals surface area contributed by atoms with Crippen LogP contribution in [0.2, 0.25) is 20.1 Å². The van der Waals surface area contributed by atoms with Crippen LogP contribution in [0.1, 0.15) is 65.5 Å². The summed E-state index contributed by atoms with van der Waals surface area (Å²) in [6.07, 6.45) is -1.21. The van der Waals surface area contributed by atoms with E-state index in [1.165, 1.54) is 6.07 Å². The molecule has 2 aromatic carbocycles. The number of carboxylic acid groups (broad SMARTS) is 3. The number of aliphatic carboxylic acids is 3. The highest BCUT2D eigenvalue weighted by molar-refractivity contribution is 6.35. The van der Waals surface area contributed by atoms with Crippen molar-refractivity contribution in [3.8, 4) is 0 Å². The molecule has 2 aromatic rings. The number of alkyl carbamates (subject to hydrolysis) is 2. The van der Waals surface area contributed by atoms with Crippen molar-refractivity contribution >= 4 is 82.4 Å². The van der Waals surface area contributed by atoms with Crippen molar-refractivity contribution in [2.45, 2.75) is 90.5 Å². The number of hydrogen-bond donors (Lipinski definition) is 7. The first-order valence-electron chi connectivity index (χ1n) is 15.8. The molecule has 0 saturated heterocycles. The summed E-state index contributed by atoms with van der Waals surface area (Å²) in [5.41, 5.74) is 5.41. The first-order chi connectivity index (χ1) is 24.3. The van der Waals surface area contributed by atoms with Crippen LogP contribution in [0.25, 0.3) is 0 Å². The van der Waals surface area contributed by atoms with Crippen LogP contribution in [0.4, 0.5) is 9.59 Å². The topological polar surface area (TPSA) is 244 Å². The molecule has 0 radical (unpaired) electrons. The highest BCUT2D eigenvalue weighted by atomic mass is 35.5. The van der Waals surface area contributed by atoms with Crippen molar-refractivity contribution < 1.29 is 53.6 Å². The summed E-state index contributed by atoms with van der Waals surface area (Å²) < 4.78 is 9.92. The normalized spacial score (nSPS) is 11.9. The first kappa shape index (κ1) is 49.0. The van der Waals surface area contributed by atoms with Gasteiger partial charge in [0.1, 0.15) is 23.3 Å². The number of carbonyl (C=O) groups excluding carboxylic acids is 3. The molecule has 0 aliphatic heterocycles. The number of carbonyl (C=O) groups is 6. The standard InChI is InChI=1S/C17H22Cl2N2O5.C9H9Cl2NO2.C8H15NO4/c1-17(2,3)26-16(25)20-7-6-14(22)21-13(15(23)24)8-10-4-5-11(18)9-12(10)19;10-6-2-1-5(7(11)4-6)3-8(12)9(13)14;1-8(2,3)13-7(12)9-5-4-6(10)11/h4-5,9,13H,6-8H2,1-3H3,(H,20,25)(H,21,22)(H,23,24);1-2,4,8H,3,12H2,(H,13,14);4-5H2,1-3H3,(H,9,12)(H,10,11)/t13-;8-;/m11./s1. The van der Waals surface area contributed by atoms with E-state index >= 15 is 0 Å². The van der Waals surface area contributed by atoms with Crippen molar-refractivity contribution in [1.29, 1.82) is 0 Å². The molecular formula is C34H46Cl4N4O11. The van der Waals surface area contributed by atoms with Gasteiger partial charge in [-0.25, -0.2) is 14.4 Å². The SMILES string of the molecule is CC(C)(C)OC(=O)NCCC(=O)N[C@H](Cc1ccc(Cl)cc1Cl)C(=O)O.CC(C)(C)OC(=O)NCCC(=O)O.N[C@H](Cc1ccc(Cl)cc1Cl)C(=O)O. The molecule has 0 aliphatic carbocycles.